The minimum atomic E-state index is -0.0640. The number of thiazole rings is 1. The van der Waals surface area contributed by atoms with Crippen molar-refractivity contribution < 1.29 is 4.79 Å². The molecule has 0 atom stereocenters. The van der Waals surface area contributed by atoms with Gasteiger partial charge in [-0.3, -0.25) is 5.32 Å². The first kappa shape index (κ1) is 12.8. The first-order chi connectivity index (χ1) is 10.3. The van der Waals surface area contributed by atoms with Crippen molar-refractivity contribution >= 4 is 44.1 Å². The van der Waals surface area contributed by atoms with Crippen molar-refractivity contribution in [3.63, 3.8) is 0 Å². The number of anilines is 1. The molecule has 0 spiro atoms. The summed E-state index contributed by atoms with van der Waals surface area (Å²) in [4.78, 5) is 20.1. The lowest BCUT2D eigenvalue weighted by Gasteiger charge is -2.26. The van der Waals surface area contributed by atoms with Crippen LogP contribution < -0.4 is 5.32 Å². The van der Waals surface area contributed by atoms with Crippen molar-refractivity contribution in [3.05, 3.63) is 46.2 Å². The van der Waals surface area contributed by atoms with Gasteiger partial charge in [-0.25, -0.2) is 9.78 Å². The number of carbonyl (C=O) groups is 1. The van der Waals surface area contributed by atoms with Gasteiger partial charge >= 0.3 is 6.03 Å². The van der Waals surface area contributed by atoms with Gasteiger partial charge in [0, 0.05) is 18.0 Å². The molecule has 6 heteroatoms. The van der Waals surface area contributed by atoms with Crippen LogP contribution in [0.25, 0.3) is 10.2 Å². The largest absolute Gasteiger partial charge is 0.323 e. The zero-order valence-corrected chi connectivity index (χ0v) is 12.8. The molecule has 0 unspecified atom stereocenters. The summed E-state index contributed by atoms with van der Waals surface area (Å²) in [6, 6.07) is 9.95. The van der Waals surface area contributed by atoms with Crippen LogP contribution in [0.15, 0.2) is 35.7 Å². The van der Waals surface area contributed by atoms with Gasteiger partial charge in [-0.15, -0.1) is 11.3 Å². The number of nitrogens with one attached hydrogen (secondary N) is 1. The van der Waals surface area contributed by atoms with Gasteiger partial charge in [-0.1, -0.05) is 23.5 Å². The summed E-state index contributed by atoms with van der Waals surface area (Å²) in [6.45, 7) is 1.46. The van der Waals surface area contributed by atoms with E-state index in [2.05, 4.69) is 21.7 Å². The molecule has 0 saturated heterocycles. The van der Waals surface area contributed by atoms with Crippen LogP contribution >= 0.6 is 22.7 Å². The number of hydrogen-bond acceptors (Lipinski definition) is 4. The van der Waals surface area contributed by atoms with Gasteiger partial charge in [-0.05, 0) is 35.6 Å². The van der Waals surface area contributed by atoms with E-state index in [1.807, 2.05) is 29.2 Å². The van der Waals surface area contributed by atoms with E-state index in [1.165, 1.54) is 21.8 Å². The summed E-state index contributed by atoms with van der Waals surface area (Å²) in [5, 5.41) is 5.68. The molecule has 0 saturated carbocycles. The minimum absolute atomic E-state index is 0.0640. The number of benzene rings is 1. The molecule has 0 aliphatic carbocycles. The van der Waals surface area contributed by atoms with Crippen LogP contribution in [0.5, 0.6) is 0 Å². The number of para-hydroxylation sites is 1. The van der Waals surface area contributed by atoms with Crippen LogP contribution in [0.4, 0.5) is 9.93 Å². The fraction of sp³-hybridized carbons (Fsp3) is 0.200. The Bertz CT molecular complexity index is 775. The number of hydrogen-bond donors (Lipinski definition) is 1. The van der Waals surface area contributed by atoms with Gasteiger partial charge in [0.1, 0.15) is 0 Å². The topological polar surface area (TPSA) is 45.2 Å². The van der Waals surface area contributed by atoms with E-state index in [0.29, 0.717) is 11.7 Å². The molecule has 106 valence electrons. The van der Waals surface area contributed by atoms with E-state index in [1.54, 1.807) is 11.3 Å². The average Bonchev–Trinajstić information content (AvgIpc) is 3.11. The highest BCUT2D eigenvalue weighted by molar-refractivity contribution is 7.22. The third-order valence-electron chi connectivity index (χ3n) is 3.60. The predicted octanol–water partition coefficient (Wildman–Crippen LogP) is 3.95. The maximum atomic E-state index is 12.4. The molecule has 1 aliphatic rings. The zero-order valence-electron chi connectivity index (χ0n) is 11.2. The van der Waals surface area contributed by atoms with Gasteiger partial charge in [0.15, 0.2) is 5.13 Å². The fourth-order valence-corrected chi connectivity index (χ4v) is 4.26. The van der Waals surface area contributed by atoms with Crippen molar-refractivity contribution in [2.45, 2.75) is 13.0 Å². The zero-order chi connectivity index (χ0) is 14.2. The first-order valence-corrected chi connectivity index (χ1v) is 8.46. The van der Waals surface area contributed by atoms with E-state index in [0.717, 1.165) is 23.2 Å². The molecule has 2 amide bonds. The minimum Gasteiger partial charge on any atom is -0.320 e. The molecule has 0 fully saturated rings. The highest BCUT2D eigenvalue weighted by Gasteiger charge is 2.22. The quantitative estimate of drug-likeness (QED) is 0.739. The van der Waals surface area contributed by atoms with E-state index in [9.17, 15) is 4.79 Å². The Hall–Kier alpha value is -1.92. The van der Waals surface area contributed by atoms with Crippen LogP contribution in [-0.4, -0.2) is 22.5 Å². The van der Waals surface area contributed by atoms with Crippen molar-refractivity contribution in [2.24, 2.45) is 0 Å². The second kappa shape index (κ2) is 5.13. The fourth-order valence-electron chi connectivity index (χ4n) is 2.52. The number of urea groups is 1. The smallest absolute Gasteiger partial charge is 0.320 e. The molecule has 0 radical (unpaired) electrons. The van der Waals surface area contributed by atoms with Gasteiger partial charge in [0.25, 0.3) is 0 Å². The van der Waals surface area contributed by atoms with Gasteiger partial charge in [0.05, 0.1) is 10.2 Å². The summed E-state index contributed by atoms with van der Waals surface area (Å²) in [5.74, 6) is 0. The van der Waals surface area contributed by atoms with Gasteiger partial charge < -0.3 is 4.90 Å². The number of rotatable bonds is 1. The van der Waals surface area contributed by atoms with E-state index >= 15 is 0 Å². The lowest BCUT2D eigenvalue weighted by atomic mass is 10.1. The van der Waals surface area contributed by atoms with E-state index < -0.39 is 0 Å². The molecule has 0 bridgehead atoms. The molecule has 1 aliphatic heterocycles. The molecule has 3 aromatic rings. The highest BCUT2D eigenvalue weighted by Crippen LogP contribution is 2.27. The third kappa shape index (κ3) is 2.41. The van der Waals surface area contributed by atoms with Crippen LogP contribution in [0.1, 0.15) is 10.4 Å². The number of nitrogens with zero attached hydrogens (tertiary/aromatic N) is 2. The normalized spacial score (nSPS) is 14.2. The van der Waals surface area contributed by atoms with Crippen molar-refractivity contribution in [1.29, 1.82) is 0 Å². The molecule has 4 rings (SSSR count). The second-order valence-corrected chi connectivity index (χ2v) is 6.99. The molecule has 4 nitrogen and oxygen atoms in total. The van der Waals surface area contributed by atoms with Crippen molar-refractivity contribution in [1.82, 2.24) is 9.88 Å². The van der Waals surface area contributed by atoms with E-state index in [4.69, 9.17) is 0 Å². The SMILES string of the molecule is O=C(Nc1nc2ccccc2s1)N1CCc2sccc2C1. The number of carbonyl (C=O) groups excluding carboxylic acids is 1. The number of aromatic nitrogens is 1. The highest BCUT2D eigenvalue weighted by atomic mass is 32.1. The molecule has 3 heterocycles. The van der Waals surface area contributed by atoms with Gasteiger partial charge in [-0.2, -0.15) is 0 Å². The monoisotopic (exact) mass is 315 g/mol. The predicted molar refractivity (Wildman–Crippen MR) is 87.1 cm³/mol. The summed E-state index contributed by atoms with van der Waals surface area (Å²) >= 11 is 3.29. The summed E-state index contributed by atoms with van der Waals surface area (Å²) in [6.07, 6.45) is 0.945. The third-order valence-corrected chi connectivity index (χ3v) is 5.58. The number of amides is 2. The van der Waals surface area contributed by atoms with Crippen LogP contribution in [-0.2, 0) is 13.0 Å². The Kier molecular flexibility index (Phi) is 3.12. The van der Waals surface area contributed by atoms with Crippen LogP contribution in [0, 0.1) is 0 Å². The number of fused-ring (bicyclic) bond motifs is 2. The maximum Gasteiger partial charge on any atom is 0.323 e. The Morgan fingerprint density at radius 2 is 2.19 bits per heavy atom. The molecule has 21 heavy (non-hydrogen) atoms. The van der Waals surface area contributed by atoms with Crippen LogP contribution in [0.3, 0.4) is 0 Å². The Labute approximate surface area is 130 Å². The summed E-state index contributed by atoms with van der Waals surface area (Å²) in [5.41, 5.74) is 2.20. The molecule has 1 aromatic carbocycles. The standard InChI is InChI=1S/C15H13N3OS2/c19-15(18-7-5-12-10(9-18)6-8-20-12)17-14-16-11-3-1-2-4-13(11)21-14/h1-4,6,8H,5,7,9H2,(H,16,17,19). The Morgan fingerprint density at radius 1 is 1.29 bits per heavy atom. The summed E-state index contributed by atoms with van der Waals surface area (Å²) < 4.78 is 1.09. The molecular weight excluding hydrogens is 302 g/mol. The molecule has 2 aromatic heterocycles. The molecular formula is C15H13N3OS2. The van der Waals surface area contributed by atoms with Crippen molar-refractivity contribution in [2.75, 3.05) is 11.9 Å². The lowest BCUT2D eigenvalue weighted by Crippen LogP contribution is -2.38. The Morgan fingerprint density at radius 3 is 3.10 bits per heavy atom. The summed E-state index contributed by atoms with van der Waals surface area (Å²) in [7, 11) is 0. The van der Waals surface area contributed by atoms with Crippen molar-refractivity contribution in [3.8, 4) is 0 Å². The number of thiophene rings is 1. The second-order valence-electron chi connectivity index (χ2n) is 4.96. The van der Waals surface area contributed by atoms with Gasteiger partial charge in [0.2, 0.25) is 0 Å². The lowest BCUT2D eigenvalue weighted by molar-refractivity contribution is 0.207. The average molecular weight is 315 g/mol. The maximum absolute atomic E-state index is 12.4. The molecule has 1 N–H and O–H groups in total. The van der Waals surface area contributed by atoms with E-state index in [-0.39, 0.29) is 6.03 Å². The van der Waals surface area contributed by atoms with Crippen LogP contribution in [0.2, 0.25) is 0 Å². The first-order valence-electron chi connectivity index (χ1n) is 6.76. The Balaban J connectivity index is 1.51.